The van der Waals surface area contributed by atoms with Crippen LogP contribution in [0, 0.1) is 23.4 Å². The summed E-state index contributed by atoms with van der Waals surface area (Å²) in [5.74, 6) is -5.45. The molecule has 0 bridgehead atoms. The number of hydrogen-bond donors (Lipinski definition) is 3. The summed E-state index contributed by atoms with van der Waals surface area (Å²) >= 11 is 0. The molecule has 1 aromatic heterocycles. The molecule has 1 saturated heterocycles. The Hall–Kier alpha value is -3.44. The van der Waals surface area contributed by atoms with Gasteiger partial charge in [0, 0.05) is 0 Å². The van der Waals surface area contributed by atoms with E-state index in [1.807, 2.05) is 0 Å². The number of imide groups is 1. The van der Waals surface area contributed by atoms with Crippen LogP contribution in [0.2, 0.25) is 0 Å². The van der Waals surface area contributed by atoms with Gasteiger partial charge >= 0.3 is 6.03 Å². The van der Waals surface area contributed by atoms with Crippen LogP contribution in [0.1, 0.15) is 28.9 Å². The van der Waals surface area contributed by atoms with Crippen molar-refractivity contribution < 1.29 is 27.6 Å². The van der Waals surface area contributed by atoms with Crippen molar-refractivity contribution in [3.8, 4) is 0 Å². The Balaban J connectivity index is 1.42. The molecule has 152 valence electrons. The van der Waals surface area contributed by atoms with Gasteiger partial charge in [-0.3, -0.25) is 14.9 Å². The summed E-state index contributed by atoms with van der Waals surface area (Å²) in [5.41, 5.74) is -1.21. The molecule has 2 aliphatic rings. The summed E-state index contributed by atoms with van der Waals surface area (Å²) in [6.45, 7) is -0.304. The largest absolute Gasteiger partial charge is 0.348 e. The first-order valence-electron chi connectivity index (χ1n) is 8.74. The Morgan fingerprint density at radius 1 is 1.24 bits per heavy atom. The molecule has 4 rings (SSSR count). The number of halogens is 3. The fourth-order valence-electron chi connectivity index (χ4n) is 3.29. The van der Waals surface area contributed by atoms with Gasteiger partial charge in [-0.25, -0.2) is 18.0 Å². The van der Waals surface area contributed by atoms with Crippen molar-refractivity contribution in [2.45, 2.75) is 24.9 Å². The predicted octanol–water partition coefficient (Wildman–Crippen LogP) is 0.462. The molecular weight excluding hydrogens is 393 g/mol. The topological polar surface area (TPSA) is 118 Å². The SMILES string of the molecule is O=C1NC(=O)[C@](CNC(=O)c2cnn(Cc3cc(F)c(F)c(F)c3)n2)(C2CC2)N1. The standard InChI is InChI=1S/C17H15F3N6O3/c18-10-3-8(4-11(19)13(10)20)6-26-22-5-12(25-26)14(27)21-7-17(9-1-2-9)15(28)23-16(29)24-17/h3-5,9H,1-2,6-7H2,(H,21,27)(H2,23,24,28,29)/t17-/m0/s1. The van der Waals surface area contributed by atoms with Gasteiger partial charge in [0.2, 0.25) is 0 Å². The minimum atomic E-state index is -1.57. The molecule has 2 heterocycles. The summed E-state index contributed by atoms with van der Waals surface area (Å²) in [5, 5.41) is 15.1. The van der Waals surface area contributed by atoms with Crippen LogP contribution in [-0.2, 0) is 11.3 Å². The van der Waals surface area contributed by atoms with E-state index >= 15 is 0 Å². The van der Waals surface area contributed by atoms with Gasteiger partial charge < -0.3 is 10.6 Å². The number of carbonyl (C=O) groups is 3. The van der Waals surface area contributed by atoms with Gasteiger partial charge in [-0.15, -0.1) is 5.10 Å². The Kier molecular flexibility index (Phi) is 4.47. The molecule has 1 atom stereocenters. The van der Waals surface area contributed by atoms with E-state index in [0.717, 1.165) is 36.0 Å². The second-order valence-electron chi connectivity index (χ2n) is 6.97. The Morgan fingerprint density at radius 2 is 1.93 bits per heavy atom. The van der Waals surface area contributed by atoms with Crippen molar-refractivity contribution in [2.75, 3.05) is 6.54 Å². The first-order valence-corrected chi connectivity index (χ1v) is 8.74. The first kappa shape index (κ1) is 18.9. The molecular formula is C17H15F3N6O3. The zero-order valence-electron chi connectivity index (χ0n) is 14.8. The van der Waals surface area contributed by atoms with Crippen LogP contribution in [0.4, 0.5) is 18.0 Å². The Labute approximate surface area is 161 Å². The predicted molar refractivity (Wildman–Crippen MR) is 89.9 cm³/mol. The molecule has 1 aliphatic carbocycles. The highest BCUT2D eigenvalue weighted by atomic mass is 19.2. The Bertz CT molecular complexity index is 999. The minimum absolute atomic E-state index is 0.0619. The van der Waals surface area contributed by atoms with E-state index < -0.39 is 40.8 Å². The molecule has 29 heavy (non-hydrogen) atoms. The molecule has 0 radical (unpaired) electrons. The number of amides is 4. The lowest BCUT2D eigenvalue weighted by molar-refractivity contribution is -0.124. The number of nitrogens with one attached hydrogen (secondary N) is 3. The zero-order chi connectivity index (χ0) is 20.8. The number of benzene rings is 1. The van der Waals surface area contributed by atoms with Gasteiger partial charge in [0.15, 0.2) is 23.1 Å². The van der Waals surface area contributed by atoms with Crippen LogP contribution in [0.3, 0.4) is 0 Å². The molecule has 1 aromatic carbocycles. The van der Waals surface area contributed by atoms with Crippen molar-refractivity contribution in [3.63, 3.8) is 0 Å². The number of urea groups is 1. The van der Waals surface area contributed by atoms with Gasteiger partial charge in [0.25, 0.3) is 11.8 Å². The lowest BCUT2D eigenvalue weighted by Crippen LogP contribution is -2.57. The van der Waals surface area contributed by atoms with Crippen molar-refractivity contribution in [2.24, 2.45) is 5.92 Å². The minimum Gasteiger partial charge on any atom is -0.348 e. The van der Waals surface area contributed by atoms with Crippen molar-refractivity contribution >= 4 is 17.8 Å². The number of nitrogens with zero attached hydrogens (tertiary/aromatic N) is 3. The van der Waals surface area contributed by atoms with Crippen LogP contribution >= 0.6 is 0 Å². The number of carbonyl (C=O) groups excluding carboxylic acids is 3. The molecule has 9 nitrogen and oxygen atoms in total. The quantitative estimate of drug-likeness (QED) is 0.474. The second kappa shape index (κ2) is 6.87. The molecule has 2 aromatic rings. The number of hydrogen-bond acceptors (Lipinski definition) is 5. The molecule has 3 N–H and O–H groups in total. The molecule has 1 saturated carbocycles. The third-order valence-corrected chi connectivity index (χ3v) is 4.91. The summed E-state index contributed by atoms with van der Waals surface area (Å²) in [6.07, 6.45) is 2.65. The highest BCUT2D eigenvalue weighted by molar-refractivity contribution is 6.08. The van der Waals surface area contributed by atoms with Gasteiger partial charge in [0.1, 0.15) is 5.54 Å². The molecule has 4 amide bonds. The summed E-state index contributed by atoms with van der Waals surface area (Å²) < 4.78 is 39.6. The maximum atomic E-state index is 13.3. The van der Waals surface area contributed by atoms with E-state index in [9.17, 15) is 27.6 Å². The second-order valence-corrected chi connectivity index (χ2v) is 6.97. The van der Waals surface area contributed by atoms with Gasteiger partial charge in [-0.05, 0) is 36.5 Å². The third-order valence-electron chi connectivity index (χ3n) is 4.91. The third kappa shape index (κ3) is 3.52. The molecule has 0 spiro atoms. The monoisotopic (exact) mass is 408 g/mol. The number of aromatic nitrogens is 3. The van der Waals surface area contributed by atoms with E-state index in [4.69, 9.17) is 0 Å². The van der Waals surface area contributed by atoms with Crippen molar-refractivity contribution in [1.82, 2.24) is 30.9 Å². The van der Waals surface area contributed by atoms with Crippen LogP contribution in [0.15, 0.2) is 18.3 Å². The van der Waals surface area contributed by atoms with Gasteiger partial charge in [-0.2, -0.15) is 9.90 Å². The highest BCUT2D eigenvalue weighted by Gasteiger charge is 2.56. The Morgan fingerprint density at radius 3 is 2.52 bits per heavy atom. The maximum absolute atomic E-state index is 13.3. The van der Waals surface area contributed by atoms with E-state index in [1.54, 1.807) is 0 Å². The average molecular weight is 408 g/mol. The van der Waals surface area contributed by atoms with E-state index in [0.29, 0.717) is 0 Å². The van der Waals surface area contributed by atoms with Crippen LogP contribution < -0.4 is 16.0 Å². The summed E-state index contributed by atoms with van der Waals surface area (Å²) in [6, 6.07) is 1.01. The summed E-state index contributed by atoms with van der Waals surface area (Å²) in [4.78, 5) is 37.0. The molecule has 12 heteroatoms. The molecule has 0 unspecified atom stereocenters. The van der Waals surface area contributed by atoms with Crippen LogP contribution in [0.5, 0.6) is 0 Å². The lowest BCUT2D eigenvalue weighted by atomic mass is 9.93. The fourth-order valence-corrected chi connectivity index (χ4v) is 3.29. The highest BCUT2D eigenvalue weighted by Crippen LogP contribution is 2.41. The smallest absolute Gasteiger partial charge is 0.322 e. The van der Waals surface area contributed by atoms with Crippen LogP contribution in [-0.4, -0.2) is 44.9 Å². The average Bonchev–Trinajstić information content (AvgIpc) is 3.35. The molecule has 2 fully saturated rings. The van der Waals surface area contributed by atoms with Gasteiger partial charge in [0.05, 0.1) is 19.3 Å². The normalized spacial score (nSPS) is 21.1. The van der Waals surface area contributed by atoms with E-state index in [1.165, 1.54) is 0 Å². The van der Waals surface area contributed by atoms with Crippen molar-refractivity contribution in [3.05, 3.63) is 47.0 Å². The first-order chi connectivity index (χ1) is 13.8. The zero-order valence-corrected chi connectivity index (χ0v) is 14.8. The van der Waals surface area contributed by atoms with Crippen molar-refractivity contribution in [1.29, 1.82) is 0 Å². The number of rotatable bonds is 6. The van der Waals surface area contributed by atoms with Gasteiger partial charge in [-0.1, -0.05) is 0 Å². The summed E-state index contributed by atoms with van der Waals surface area (Å²) in [7, 11) is 0. The van der Waals surface area contributed by atoms with E-state index in [-0.39, 0.29) is 30.3 Å². The molecule has 1 aliphatic heterocycles. The fraction of sp³-hybridized carbons (Fsp3) is 0.353. The lowest BCUT2D eigenvalue weighted by Gasteiger charge is -2.25. The van der Waals surface area contributed by atoms with E-state index in [2.05, 4.69) is 26.1 Å². The maximum Gasteiger partial charge on any atom is 0.322 e. The van der Waals surface area contributed by atoms with Crippen LogP contribution in [0.25, 0.3) is 0 Å².